The number of carbonyl (C=O) groups excluding carboxylic acids is 3. The number of hydrogen-bond donors (Lipinski definition) is 3. The first-order valence-corrected chi connectivity index (χ1v) is 36.4. The Kier molecular flexibility index (Phi) is 20.2. The van der Waals surface area contributed by atoms with E-state index in [0.29, 0.717) is 85.5 Å². The fourth-order valence-electron chi connectivity index (χ4n) is 11.2. The van der Waals surface area contributed by atoms with E-state index < -0.39 is 76.1 Å². The molecule has 91 heavy (non-hydrogen) atoms. The van der Waals surface area contributed by atoms with Crippen molar-refractivity contribution in [2.24, 2.45) is 27.6 Å². The van der Waals surface area contributed by atoms with Crippen LogP contribution in [0.4, 0.5) is 22.4 Å². The average molecular weight is 1430 g/mol. The molecule has 0 bridgehead atoms. The fourth-order valence-corrected chi connectivity index (χ4v) is 15.3. The molecular formula is C63H78BF4IN8O11S2Si. The molecule has 4 N–H and O–H groups in total. The maximum atomic E-state index is 15.9. The van der Waals surface area contributed by atoms with Gasteiger partial charge in [0.2, 0.25) is 11.8 Å². The van der Waals surface area contributed by atoms with E-state index in [1.807, 2.05) is 57.2 Å². The van der Waals surface area contributed by atoms with Crippen LogP contribution in [0.5, 0.6) is 23.0 Å². The van der Waals surface area contributed by atoms with Crippen LogP contribution in [0.15, 0.2) is 75.0 Å². The average Bonchev–Trinajstić information content (AvgIpc) is 1.53. The lowest BCUT2D eigenvalue weighted by Crippen LogP contribution is -2.48. The number of ether oxygens (including phenoxy) is 6. The largest absolute Gasteiger partial charge is 0.494 e. The Balaban J connectivity index is 0.000000181. The predicted molar refractivity (Wildman–Crippen MR) is 357 cm³/mol. The molecule has 0 spiro atoms. The number of thioether (sulfide) groups is 2. The van der Waals surface area contributed by atoms with Crippen LogP contribution in [-0.4, -0.2) is 138 Å². The zero-order valence-electron chi connectivity index (χ0n) is 53.5. The van der Waals surface area contributed by atoms with Gasteiger partial charge in [-0.3, -0.25) is 19.6 Å². The molecule has 19 nitrogen and oxygen atoms in total. The van der Waals surface area contributed by atoms with Crippen molar-refractivity contribution in [3.8, 4) is 23.0 Å². The second-order valence-corrected chi connectivity index (χ2v) is 35.4. The summed E-state index contributed by atoms with van der Waals surface area (Å²) in [6, 6.07) is 13.0. The molecule has 2 saturated carbocycles. The number of hydrogen-bond acceptors (Lipinski definition) is 18. The highest BCUT2D eigenvalue weighted by atomic mass is 127. The highest BCUT2D eigenvalue weighted by molar-refractivity contribution is 14.1. The van der Waals surface area contributed by atoms with Crippen LogP contribution >= 0.6 is 46.1 Å². The van der Waals surface area contributed by atoms with Gasteiger partial charge in [0.1, 0.15) is 77.1 Å². The maximum Gasteiger partial charge on any atom is 0.494 e. The number of nitrogens with two attached hydrogens (primary N) is 1. The summed E-state index contributed by atoms with van der Waals surface area (Å²) in [5.41, 5.74) is 3.89. The predicted octanol–water partition coefficient (Wildman–Crippen LogP) is 11.3. The van der Waals surface area contributed by atoms with Crippen LogP contribution in [-0.2, 0) is 39.4 Å². The van der Waals surface area contributed by atoms with E-state index in [1.165, 1.54) is 75.2 Å². The number of benzene rings is 2. The molecule has 2 aromatic heterocycles. The van der Waals surface area contributed by atoms with Crippen molar-refractivity contribution >= 4 is 113 Å². The Morgan fingerprint density at radius 2 is 1.24 bits per heavy atom. The van der Waals surface area contributed by atoms with E-state index in [0.717, 1.165) is 6.04 Å². The van der Waals surface area contributed by atoms with E-state index in [9.17, 15) is 18.8 Å². The minimum Gasteiger partial charge on any atom is -0.486 e. The zero-order chi connectivity index (χ0) is 66.4. The first-order chi connectivity index (χ1) is 42.6. The molecule has 4 aromatic rings. The van der Waals surface area contributed by atoms with Crippen molar-refractivity contribution in [1.82, 2.24) is 25.5 Å². The summed E-state index contributed by atoms with van der Waals surface area (Å²) in [5.74, 6) is -0.840. The first kappa shape index (κ1) is 69.4. The number of nitrogens with zero attached hydrogens (tertiary/aromatic N) is 5. The minimum atomic E-state index is -1.39. The monoisotopic (exact) mass is 1430 g/mol. The summed E-state index contributed by atoms with van der Waals surface area (Å²) in [7, 11) is 1.05. The molecule has 3 fully saturated rings. The van der Waals surface area contributed by atoms with Gasteiger partial charge in [-0.25, -0.2) is 37.2 Å². The first-order valence-electron chi connectivity index (χ1n) is 29.8. The lowest BCUT2D eigenvalue weighted by atomic mass is 9.75. The fraction of sp³-hybridized carbons (Fsp3) is 0.508. The highest BCUT2D eigenvalue weighted by Gasteiger charge is 2.72. The summed E-state index contributed by atoms with van der Waals surface area (Å²) < 4.78 is 104. The molecule has 28 heteroatoms. The maximum absolute atomic E-state index is 15.9. The van der Waals surface area contributed by atoms with Crippen molar-refractivity contribution in [3.05, 3.63) is 105 Å². The number of aliphatic imine (C=N–C) groups is 2. The van der Waals surface area contributed by atoms with Gasteiger partial charge < -0.3 is 54.1 Å². The van der Waals surface area contributed by atoms with Gasteiger partial charge in [-0.05, 0) is 139 Å². The Labute approximate surface area is 551 Å². The molecule has 7 aliphatic rings. The van der Waals surface area contributed by atoms with Crippen LogP contribution in [0, 0.1) is 23.5 Å². The molecule has 0 unspecified atom stereocenters. The number of fused-ring (bicyclic) bond motifs is 4. The van der Waals surface area contributed by atoms with E-state index in [2.05, 4.69) is 45.2 Å². The second kappa shape index (κ2) is 26.5. The number of amides is 3. The van der Waals surface area contributed by atoms with Crippen LogP contribution in [0.3, 0.4) is 0 Å². The summed E-state index contributed by atoms with van der Waals surface area (Å²) in [4.78, 5) is 58.5. The van der Waals surface area contributed by atoms with E-state index in [4.69, 9.17) is 48.5 Å². The minimum absolute atomic E-state index is 0.0773. The molecule has 2 aliphatic carbocycles. The molecular weight excluding hydrogens is 1350 g/mol. The van der Waals surface area contributed by atoms with Gasteiger partial charge in [0, 0.05) is 68.0 Å². The molecule has 7 heterocycles. The Bertz CT molecular complexity index is 3600. The van der Waals surface area contributed by atoms with Gasteiger partial charge in [0.05, 0.1) is 34.7 Å². The van der Waals surface area contributed by atoms with Crippen LogP contribution in [0.2, 0.25) is 25.7 Å². The third kappa shape index (κ3) is 14.7. The standard InChI is InChI=1S/C31H49BFN3O6SSi.C23H22F2N4O3S.C9H7FINO2/c1-27(2,3)40-26(38)36(19-39-15-16-44(10,11)12)25-35-30(8,23-18-31(23,43-25)24(37)34-9)21-17-20(13-14-22(21)33)32-41-28(4,5)29(6,7)42-32;1-22(19-10-23(19,20(30)27-2)33-21(26)29-22)13-7-12(3-4-14(13)24)8-15(25)16-9-17-18(11-28-16)32-6-5-31-17;10-6(4-11)7-3-8-9(5-12-7)14-2-1-13-8/h13-14,17,23H,15-16,18-19H2,1-12H3,(H,34,37);3-4,7-9,11,19H,5-6,10H2,1-2H3,(H2,26,29)(H,27,30);3-5H,1-2H2/b;15-8-;6-4-/t23-,30+,31-;19-,22+,23-;/m00./s1. The summed E-state index contributed by atoms with van der Waals surface area (Å²) in [6.07, 6.45) is 4.50. The van der Waals surface area contributed by atoms with Gasteiger partial charge in [-0.1, -0.05) is 61.4 Å². The smallest absolute Gasteiger partial charge is 0.486 e. The Morgan fingerprint density at radius 3 is 1.76 bits per heavy atom. The summed E-state index contributed by atoms with van der Waals surface area (Å²) >= 11 is 4.25. The van der Waals surface area contributed by atoms with Gasteiger partial charge in [-0.2, -0.15) is 0 Å². The van der Waals surface area contributed by atoms with Crippen molar-refractivity contribution in [2.45, 2.75) is 138 Å². The summed E-state index contributed by atoms with van der Waals surface area (Å²) in [6.45, 7) is 25.7. The second-order valence-electron chi connectivity index (χ2n) is 26.5. The third-order valence-corrected chi connectivity index (χ3v) is 22.1. The number of halogens is 5. The molecule has 11 rings (SSSR count). The quantitative estimate of drug-likeness (QED) is 0.0372. The highest BCUT2D eigenvalue weighted by Crippen LogP contribution is 2.68. The molecule has 5 aliphatic heterocycles. The number of nitrogens with one attached hydrogen (secondary N) is 2. The van der Waals surface area contributed by atoms with Crippen molar-refractivity contribution in [2.75, 3.05) is 53.9 Å². The zero-order valence-corrected chi connectivity index (χ0v) is 58.3. The van der Waals surface area contributed by atoms with Crippen molar-refractivity contribution in [3.63, 3.8) is 0 Å². The lowest BCUT2D eigenvalue weighted by Gasteiger charge is -2.37. The van der Waals surface area contributed by atoms with Crippen LogP contribution in [0.1, 0.15) is 103 Å². The molecule has 490 valence electrons. The molecule has 0 radical (unpaired) electrons. The Morgan fingerprint density at radius 1 is 0.747 bits per heavy atom. The number of carbonyl (C=O) groups is 3. The lowest BCUT2D eigenvalue weighted by molar-refractivity contribution is -0.122. The van der Waals surface area contributed by atoms with Crippen LogP contribution in [0.25, 0.3) is 17.7 Å². The molecule has 3 amide bonds. The SMILES string of the molecule is CNC(=O)[C@]12C[C@H]1[C@@](C)(c1cc(/C=C(\F)c3cc4c(cn3)OCCO4)ccc1F)N=C(N)S2.CNC(=O)[C@]12C[C@H]1[C@@](C)(c1cc(B3OC(C)(C)C(C)(C)O3)ccc1F)N=C(N(COCC[Si](C)(C)C)C(=O)OC(C)(C)C)S2.F/C(=C\I)c1cc2c(cn1)OCCO2. The van der Waals surface area contributed by atoms with Gasteiger partial charge >= 0.3 is 13.2 Å². The molecule has 2 aromatic carbocycles. The third-order valence-electron chi connectivity index (χ3n) is 17.0. The number of rotatable bonds is 13. The van der Waals surface area contributed by atoms with E-state index in [1.54, 1.807) is 66.1 Å². The normalized spacial score (nSPS) is 25.7. The van der Waals surface area contributed by atoms with Crippen molar-refractivity contribution in [1.29, 1.82) is 0 Å². The van der Waals surface area contributed by atoms with Gasteiger partial charge in [0.15, 0.2) is 39.2 Å². The number of aromatic nitrogens is 2. The summed E-state index contributed by atoms with van der Waals surface area (Å²) in [5, 5.41) is 5.93. The molecule has 6 atom stereocenters. The number of pyridine rings is 2. The van der Waals surface area contributed by atoms with Gasteiger partial charge in [-0.15, -0.1) is 0 Å². The molecule has 1 saturated heterocycles. The van der Waals surface area contributed by atoms with E-state index >= 15 is 13.2 Å². The topological polar surface area (TPSA) is 229 Å². The Hall–Kier alpha value is -5.92. The van der Waals surface area contributed by atoms with Gasteiger partial charge in [0.25, 0.3) is 0 Å². The number of amidine groups is 2. The van der Waals surface area contributed by atoms with Crippen LogP contribution < -0.4 is 40.8 Å². The van der Waals surface area contributed by atoms with Crippen molar-refractivity contribution < 1.29 is 69.7 Å². The van der Waals surface area contributed by atoms with E-state index in [-0.39, 0.29) is 63.5 Å².